The number of hydrogen-bond donors (Lipinski definition) is 0. The number of ketones is 1. The van der Waals surface area contributed by atoms with Gasteiger partial charge in [-0.25, -0.2) is 0 Å². The number of rotatable bonds is 7. The van der Waals surface area contributed by atoms with Gasteiger partial charge in [-0.2, -0.15) is 16.9 Å². The van der Waals surface area contributed by atoms with Crippen molar-refractivity contribution >= 4 is 29.1 Å². The maximum Gasteiger partial charge on any atom is 0.139 e. The fraction of sp³-hybridized carbons (Fsp3) is 0.667. The highest BCUT2D eigenvalue weighted by Gasteiger charge is 2.16. The summed E-state index contributed by atoms with van der Waals surface area (Å²) in [6.45, 7) is 4.79. The van der Waals surface area contributed by atoms with Crippen LogP contribution in [0.1, 0.15) is 31.7 Å². The van der Waals surface area contributed by atoms with Crippen LogP contribution in [0.15, 0.2) is 0 Å². The van der Waals surface area contributed by atoms with Gasteiger partial charge in [0.2, 0.25) is 0 Å². The molecule has 1 aromatic heterocycles. The average molecular weight is 275 g/mol. The van der Waals surface area contributed by atoms with Crippen molar-refractivity contribution in [1.29, 1.82) is 0 Å². The topological polar surface area (TPSA) is 34.9 Å². The van der Waals surface area contributed by atoms with Crippen LogP contribution in [0, 0.1) is 0 Å². The Kier molecular flexibility index (Phi) is 6.06. The summed E-state index contributed by atoms with van der Waals surface area (Å²) >= 11 is 7.93. The van der Waals surface area contributed by atoms with E-state index in [-0.39, 0.29) is 5.78 Å². The summed E-state index contributed by atoms with van der Waals surface area (Å²) < 4.78 is 1.85. The van der Waals surface area contributed by atoms with Gasteiger partial charge in [-0.1, -0.05) is 18.5 Å². The van der Waals surface area contributed by atoms with Crippen LogP contribution < -0.4 is 0 Å². The molecular formula is C12H19ClN2OS. The number of thioether (sulfide) groups is 1. The first-order valence-electron chi connectivity index (χ1n) is 5.88. The smallest absolute Gasteiger partial charge is 0.139 e. The Labute approximate surface area is 112 Å². The first kappa shape index (κ1) is 14.6. The molecule has 0 saturated heterocycles. The van der Waals surface area contributed by atoms with Crippen LogP contribution in [-0.2, 0) is 24.2 Å². The molecule has 0 spiro atoms. The second-order valence-electron chi connectivity index (χ2n) is 3.83. The Morgan fingerprint density at radius 2 is 2.18 bits per heavy atom. The molecule has 0 radical (unpaired) electrons. The summed E-state index contributed by atoms with van der Waals surface area (Å²) in [5, 5.41) is 5.08. The average Bonchev–Trinajstić information content (AvgIpc) is 2.63. The van der Waals surface area contributed by atoms with E-state index < -0.39 is 0 Å². The van der Waals surface area contributed by atoms with Crippen molar-refractivity contribution < 1.29 is 4.79 Å². The number of Topliss-reactive ketones (excluding diaryl/α,β-unsaturated/α-hetero) is 1. The van der Waals surface area contributed by atoms with Crippen molar-refractivity contribution in [2.24, 2.45) is 0 Å². The molecule has 1 heterocycles. The Morgan fingerprint density at radius 1 is 1.47 bits per heavy atom. The summed E-state index contributed by atoms with van der Waals surface area (Å²) in [5.41, 5.74) is 1.76. The van der Waals surface area contributed by atoms with E-state index in [0.717, 1.165) is 30.1 Å². The second kappa shape index (κ2) is 7.07. The predicted molar refractivity (Wildman–Crippen MR) is 74.0 cm³/mol. The number of carbonyl (C=O) groups is 1. The molecule has 0 aliphatic carbocycles. The molecule has 96 valence electrons. The first-order valence-corrected chi connectivity index (χ1v) is 7.65. The third-order valence-electron chi connectivity index (χ3n) is 2.64. The molecule has 0 atom stereocenters. The molecule has 0 aromatic carbocycles. The van der Waals surface area contributed by atoms with Crippen LogP contribution >= 0.6 is 23.4 Å². The Bertz CT molecular complexity index is 390. The highest BCUT2D eigenvalue weighted by atomic mass is 35.5. The Balaban J connectivity index is 2.81. The van der Waals surface area contributed by atoms with Crippen molar-refractivity contribution in [3.05, 3.63) is 16.4 Å². The van der Waals surface area contributed by atoms with E-state index in [1.807, 2.05) is 24.8 Å². The Hall–Kier alpha value is -0.480. The van der Waals surface area contributed by atoms with Crippen LogP contribution in [0.25, 0.3) is 0 Å². The lowest BCUT2D eigenvalue weighted by Crippen LogP contribution is -2.10. The number of nitrogens with zero attached hydrogens (tertiary/aromatic N) is 2. The van der Waals surface area contributed by atoms with Gasteiger partial charge in [0.05, 0.1) is 16.4 Å². The minimum absolute atomic E-state index is 0.235. The zero-order valence-electron chi connectivity index (χ0n) is 10.6. The standard InChI is InChI=1S/C12H19ClN2OS/c1-4-10-12(13)11(15(5-2)14-10)8-9(16)6-7-17-3/h4-8H2,1-3H3. The summed E-state index contributed by atoms with van der Waals surface area (Å²) in [7, 11) is 0. The summed E-state index contributed by atoms with van der Waals surface area (Å²) in [5.74, 6) is 1.11. The molecule has 17 heavy (non-hydrogen) atoms. The van der Waals surface area contributed by atoms with Crippen molar-refractivity contribution in [2.75, 3.05) is 12.0 Å². The molecule has 5 heteroatoms. The normalized spacial score (nSPS) is 10.8. The van der Waals surface area contributed by atoms with Crippen LogP contribution in [0.3, 0.4) is 0 Å². The van der Waals surface area contributed by atoms with Crippen LogP contribution in [0.4, 0.5) is 0 Å². The zero-order chi connectivity index (χ0) is 12.8. The fourth-order valence-corrected chi connectivity index (χ4v) is 2.44. The van der Waals surface area contributed by atoms with E-state index in [9.17, 15) is 4.79 Å². The molecule has 0 N–H and O–H groups in total. The lowest BCUT2D eigenvalue weighted by molar-refractivity contribution is -0.118. The van der Waals surface area contributed by atoms with E-state index >= 15 is 0 Å². The summed E-state index contributed by atoms with van der Waals surface area (Å²) in [6.07, 6.45) is 3.82. The van der Waals surface area contributed by atoms with E-state index in [2.05, 4.69) is 5.10 Å². The minimum Gasteiger partial charge on any atom is -0.299 e. The van der Waals surface area contributed by atoms with E-state index in [1.165, 1.54) is 0 Å². The minimum atomic E-state index is 0.235. The number of aryl methyl sites for hydroxylation is 2. The third-order valence-corrected chi connectivity index (χ3v) is 3.69. The highest BCUT2D eigenvalue weighted by molar-refractivity contribution is 7.98. The van der Waals surface area contributed by atoms with Crippen LogP contribution in [-0.4, -0.2) is 27.6 Å². The van der Waals surface area contributed by atoms with Gasteiger partial charge >= 0.3 is 0 Å². The molecule has 0 saturated carbocycles. The molecule has 1 aromatic rings. The predicted octanol–water partition coefficient (Wildman–Crippen LogP) is 2.98. The molecule has 0 aliphatic rings. The van der Waals surface area contributed by atoms with Gasteiger partial charge in [-0.3, -0.25) is 9.48 Å². The van der Waals surface area contributed by atoms with Gasteiger partial charge < -0.3 is 0 Å². The first-order chi connectivity index (χ1) is 8.13. The van der Waals surface area contributed by atoms with Crippen LogP contribution in [0.2, 0.25) is 5.02 Å². The molecular weight excluding hydrogens is 256 g/mol. The second-order valence-corrected chi connectivity index (χ2v) is 5.20. The molecule has 0 aliphatic heterocycles. The van der Waals surface area contributed by atoms with Crippen molar-refractivity contribution in [3.8, 4) is 0 Å². The maximum atomic E-state index is 11.8. The third kappa shape index (κ3) is 3.75. The van der Waals surface area contributed by atoms with Gasteiger partial charge in [0.1, 0.15) is 5.78 Å². The van der Waals surface area contributed by atoms with Crippen molar-refractivity contribution in [2.45, 2.75) is 39.7 Å². The highest BCUT2D eigenvalue weighted by Crippen LogP contribution is 2.22. The lowest BCUT2D eigenvalue weighted by atomic mass is 10.1. The van der Waals surface area contributed by atoms with Gasteiger partial charge in [0.25, 0.3) is 0 Å². The van der Waals surface area contributed by atoms with E-state index in [4.69, 9.17) is 11.6 Å². The van der Waals surface area contributed by atoms with Gasteiger partial charge in [-0.05, 0) is 25.4 Å². The lowest BCUT2D eigenvalue weighted by Gasteiger charge is -2.04. The molecule has 0 unspecified atom stereocenters. The summed E-state index contributed by atoms with van der Waals surface area (Å²) in [6, 6.07) is 0. The molecule has 3 nitrogen and oxygen atoms in total. The fourth-order valence-electron chi connectivity index (χ4n) is 1.68. The van der Waals surface area contributed by atoms with Crippen molar-refractivity contribution in [1.82, 2.24) is 9.78 Å². The number of aromatic nitrogens is 2. The van der Waals surface area contributed by atoms with Gasteiger partial charge in [0, 0.05) is 19.4 Å². The quantitative estimate of drug-likeness (QED) is 0.767. The number of halogens is 1. The van der Waals surface area contributed by atoms with Gasteiger partial charge in [-0.15, -0.1) is 0 Å². The SMILES string of the molecule is CCc1nn(CC)c(CC(=O)CCSC)c1Cl. The number of carbonyl (C=O) groups excluding carboxylic acids is 1. The van der Waals surface area contributed by atoms with E-state index in [0.29, 0.717) is 17.9 Å². The largest absolute Gasteiger partial charge is 0.299 e. The van der Waals surface area contributed by atoms with Crippen LogP contribution in [0.5, 0.6) is 0 Å². The van der Waals surface area contributed by atoms with Crippen molar-refractivity contribution in [3.63, 3.8) is 0 Å². The summed E-state index contributed by atoms with van der Waals surface area (Å²) in [4.78, 5) is 11.8. The molecule has 0 bridgehead atoms. The monoisotopic (exact) mass is 274 g/mol. The Morgan fingerprint density at radius 3 is 2.71 bits per heavy atom. The zero-order valence-corrected chi connectivity index (χ0v) is 12.2. The molecule has 0 amide bonds. The molecule has 0 fully saturated rings. The van der Waals surface area contributed by atoms with Gasteiger partial charge in [0.15, 0.2) is 0 Å². The molecule has 1 rings (SSSR count). The number of hydrogen-bond acceptors (Lipinski definition) is 3. The van der Waals surface area contributed by atoms with E-state index in [1.54, 1.807) is 11.8 Å². The maximum absolute atomic E-state index is 11.8.